The lowest BCUT2D eigenvalue weighted by atomic mass is 9.89. The molecule has 3 heterocycles. The number of phenolic OH excluding ortho intramolecular Hbond substituents is 4. The minimum absolute atomic E-state index is 0.0671. The van der Waals surface area contributed by atoms with Crippen molar-refractivity contribution in [2.75, 3.05) is 7.11 Å². The normalized spacial score (nSPS) is 19.3. The lowest BCUT2D eigenvalue weighted by Crippen LogP contribution is -2.55. The Morgan fingerprint density at radius 1 is 0.789 bits per heavy atom. The summed E-state index contributed by atoms with van der Waals surface area (Å²) in [5.74, 6) is -9.75. The van der Waals surface area contributed by atoms with E-state index in [1.807, 2.05) is 0 Å². The van der Waals surface area contributed by atoms with Gasteiger partial charge in [0.2, 0.25) is 23.5 Å². The Hall–Kier alpha value is -7.98. The van der Waals surface area contributed by atoms with E-state index in [9.17, 15) is 59.4 Å². The number of methoxy groups -OCH3 is 1. The van der Waals surface area contributed by atoms with Gasteiger partial charge in [0.05, 0.1) is 17.2 Å². The van der Waals surface area contributed by atoms with Gasteiger partial charge in [-0.05, 0) is 104 Å². The highest BCUT2D eigenvalue weighted by Crippen LogP contribution is 2.47. The van der Waals surface area contributed by atoms with Crippen LogP contribution in [0.5, 0.6) is 46.0 Å². The number of halogens is 2. The third-order valence-corrected chi connectivity index (χ3v) is 11.7. The zero-order chi connectivity index (χ0) is 51.8. The number of carbonyl (C=O) groups excluding carboxylic acids is 5. The first-order chi connectivity index (χ1) is 33.4. The Morgan fingerprint density at radius 2 is 1.51 bits per heavy atom. The van der Waals surface area contributed by atoms with E-state index in [0.717, 1.165) is 43.5 Å². The molecule has 0 radical (unpaired) electrons. The van der Waals surface area contributed by atoms with E-state index in [2.05, 4.69) is 21.3 Å². The van der Waals surface area contributed by atoms with Crippen molar-refractivity contribution in [3.63, 3.8) is 0 Å². The lowest BCUT2D eigenvalue weighted by molar-refractivity contribution is -0.146. The van der Waals surface area contributed by atoms with Crippen LogP contribution >= 0.6 is 23.2 Å². The first-order valence-electron chi connectivity index (χ1n) is 21.3. The van der Waals surface area contributed by atoms with Gasteiger partial charge < -0.3 is 76.6 Å². The van der Waals surface area contributed by atoms with E-state index in [-0.39, 0.29) is 61.3 Å². The Kier molecular flexibility index (Phi) is 14.5. The third kappa shape index (κ3) is 11.1. The standard InChI is InChI=1S/C48H45Cl2N5O16/c1-48(2,3)71-47(67)55-37-22-15-33(69-31-9-5-19(11-26(31)49)12-28(51)45(64)65)41(60)34(16-22)70-32-10-7-21(14-27(32)50)40(59)39-44(63)53-38(46(66)68-4)25-17-23(56)18-30(58)35(25)24-13-20(6-8-29(24)57)36(42(61)54-39)52-43(37)62/h5-11,13-18,28,36-40,56-60H,12,51H2,1-4H3,(H,52,62)(H,53,63)(H,54,61)(H,55,67)(H,64,65)/t28-,36-,37+,38+,39+,40-/m1/s1. The maximum atomic E-state index is 15.0. The number of aliphatic hydroxyl groups excluding tert-OH is 1. The fourth-order valence-corrected chi connectivity index (χ4v) is 8.18. The molecule has 0 spiro atoms. The van der Waals surface area contributed by atoms with E-state index >= 15 is 0 Å². The van der Waals surface area contributed by atoms with Gasteiger partial charge in [-0.25, -0.2) is 9.59 Å². The van der Waals surface area contributed by atoms with Crippen molar-refractivity contribution in [2.24, 2.45) is 5.73 Å². The number of carboxylic acids is 1. The molecule has 4 amide bonds. The number of benzene rings is 5. The minimum atomic E-state index is -2.04. The van der Waals surface area contributed by atoms with E-state index in [0.29, 0.717) is 5.56 Å². The molecule has 23 heteroatoms. The fraction of sp³-hybridized carbons (Fsp3) is 0.250. The maximum absolute atomic E-state index is 15.0. The molecule has 71 heavy (non-hydrogen) atoms. The molecule has 21 nitrogen and oxygen atoms in total. The topological polar surface area (TPSA) is 335 Å². The van der Waals surface area contributed by atoms with Crippen LogP contribution in [-0.2, 0) is 39.9 Å². The number of aliphatic hydroxyl groups is 1. The second-order valence-corrected chi connectivity index (χ2v) is 18.1. The molecule has 6 atom stereocenters. The molecule has 0 saturated carbocycles. The van der Waals surface area contributed by atoms with Gasteiger partial charge in [0.1, 0.15) is 64.6 Å². The number of hydrogen-bond donors (Lipinski definition) is 11. The Balaban J connectivity index is 1.47. The number of nitrogens with one attached hydrogen (secondary N) is 4. The summed E-state index contributed by atoms with van der Waals surface area (Å²) < 4.78 is 22.7. The Bertz CT molecular complexity index is 3000. The minimum Gasteiger partial charge on any atom is -0.508 e. The lowest BCUT2D eigenvalue weighted by Gasteiger charge is -2.31. The zero-order valence-corrected chi connectivity index (χ0v) is 39.3. The van der Waals surface area contributed by atoms with Crippen molar-refractivity contribution in [1.29, 1.82) is 0 Å². The highest BCUT2D eigenvalue weighted by Gasteiger charge is 2.40. The van der Waals surface area contributed by atoms with Gasteiger partial charge in [0, 0.05) is 22.8 Å². The van der Waals surface area contributed by atoms with Crippen LogP contribution in [0, 0.1) is 0 Å². The maximum Gasteiger partial charge on any atom is 0.408 e. The van der Waals surface area contributed by atoms with Crippen LogP contribution in [-0.4, -0.2) is 91.2 Å². The quantitative estimate of drug-likeness (QED) is 0.0919. The number of aromatic hydroxyl groups is 4. The summed E-state index contributed by atoms with van der Waals surface area (Å²) in [4.78, 5) is 82.8. The third-order valence-electron chi connectivity index (χ3n) is 11.1. The predicted octanol–water partition coefficient (Wildman–Crippen LogP) is 5.32. The van der Waals surface area contributed by atoms with Crippen LogP contribution in [0.3, 0.4) is 0 Å². The average Bonchev–Trinajstić information content (AvgIpc) is 3.29. The number of ether oxygens (including phenoxy) is 4. The molecule has 5 aromatic rings. The molecular weight excluding hydrogens is 973 g/mol. The Morgan fingerprint density at radius 3 is 2.17 bits per heavy atom. The monoisotopic (exact) mass is 1020 g/mol. The largest absolute Gasteiger partial charge is 0.508 e. The van der Waals surface area contributed by atoms with E-state index in [1.54, 1.807) is 20.8 Å². The highest BCUT2D eigenvalue weighted by atomic mass is 35.5. The number of nitrogens with two attached hydrogens (primary N) is 1. The molecule has 0 saturated heterocycles. The summed E-state index contributed by atoms with van der Waals surface area (Å²) in [7, 11) is 0.986. The fourth-order valence-electron chi connectivity index (χ4n) is 7.71. The molecule has 0 unspecified atom stereocenters. The van der Waals surface area contributed by atoms with Crippen LogP contribution in [0.25, 0.3) is 11.1 Å². The highest BCUT2D eigenvalue weighted by molar-refractivity contribution is 6.32. The summed E-state index contributed by atoms with van der Waals surface area (Å²) >= 11 is 13.3. The second-order valence-electron chi connectivity index (χ2n) is 17.3. The Labute approximate surface area is 413 Å². The number of rotatable bonds is 7. The number of esters is 1. The van der Waals surface area contributed by atoms with Crippen molar-refractivity contribution in [3.05, 3.63) is 117 Å². The average molecular weight is 1020 g/mol. The van der Waals surface area contributed by atoms with E-state index in [4.69, 9.17) is 47.9 Å². The number of carbonyl (C=O) groups is 6. The van der Waals surface area contributed by atoms with Crippen molar-refractivity contribution >= 4 is 59.0 Å². The van der Waals surface area contributed by atoms with Crippen LogP contribution < -0.4 is 36.5 Å². The summed E-state index contributed by atoms with van der Waals surface area (Å²) in [6.07, 6.45) is -3.28. The molecule has 3 aliphatic rings. The molecule has 372 valence electrons. The SMILES string of the molecule is COC(=O)[C@H]1NC(=O)[C@H]2NC(=O)[C@H](NC(=O)[C@@H](NC(=O)OC(C)(C)C)c3cc(Oc4ccc(C[C@@H](N)C(=O)O)cc4Cl)c(O)c(c3)Oc3ccc(cc3Cl)[C@H]2O)c2ccc(O)c(c2)-c2c(O)cc(O)cc21. The van der Waals surface area contributed by atoms with Crippen LogP contribution in [0.4, 0.5) is 4.79 Å². The molecule has 0 fully saturated rings. The number of hydrogen-bond acceptors (Lipinski definition) is 16. The van der Waals surface area contributed by atoms with Crippen molar-refractivity contribution < 1.29 is 78.4 Å². The van der Waals surface area contributed by atoms with Gasteiger partial charge in [-0.1, -0.05) is 41.4 Å². The number of aliphatic carboxylic acids is 1. The van der Waals surface area contributed by atoms with Crippen molar-refractivity contribution in [2.45, 2.75) is 69.1 Å². The molecular formula is C48H45Cl2N5O16. The predicted molar refractivity (Wildman–Crippen MR) is 250 cm³/mol. The number of fused-ring (bicyclic) bond motifs is 8. The molecule has 5 aromatic carbocycles. The molecule has 0 aromatic heterocycles. The van der Waals surface area contributed by atoms with Crippen LogP contribution in [0.2, 0.25) is 10.0 Å². The number of carboxylic acid groups (broad SMARTS) is 1. The van der Waals surface area contributed by atoms with Crippen molar-refractivity contribution in [3.8, 4) is 57.1 Å². The smallest absolute Gasteiger partial charge is 0.408 e. The van der Waals surface area contributed by atoms with Gasteiger partial charge in [0.15, 0.2) is 17.5 Å². The summed E-state index contributed by atoms with van der Waals surface area (Å²) in [6.45, 7) is 4.65. The van der Waals surface area contributed by atoms with Crippen molar-refractivity contribution in [1.82, 2.24) is 21.3 Å². The first-order valence-corrected chi connectivity index (χ1v) is 22.0. The van der Waals surface area contributed by atoms with E-state index < -0.39 is 112 Å². The number of alkyl carbamates (subject to hydrolysis) is 1. The summed E-state index contributed by atoms with van der Waals surface area (Å²) in [5.41, 5.74) is 3.60. The van der Waals surface area contributed by atoms with Gasteiger partial charge in [-0.15, -0.1) is 0 Å². The van der Waals surface area contributed by atoms with Gasteiger partial charge >= 0.3 is 18.0 Å². The molecule has 8 bridgehead atoms. The molecule has 12 N–H and O–H groups in total. The second kappa shape index (κ2) is 20.2. The summed E-state index contributed by atoms with van der Waals surface area (Å²) in [5, 5.41) is 75.9. The van der Waals surface area contributed by atoms with Gasteiger partial charge in [-0.2, -0.15) is 0 Å². The zero-order valence-electron chi connectivity index (χ0n) is 37.8. The van der Waals surface area contributed by atoms with Crippen LogP contribution in [0.15, 0.2) is 78.9 Å². The molecule has 8 rings (SSSR count). The van der Waals surface area contributed by atoms with Crippen LogP contribution in [0.1, 0.15) is 72.8 Å². The van der Waals surface area contributed by atoms with Gasteiger partial charge in [-0.3, -0.25) is 19.2 Å². The van der Waals surface area contributed by atoms with Gasteiger partial charge in [0.25, 0.3) is 0 Å². The molecule has 3 aliphatic heterocycles. The summed E-state index contributed by atoms with van der Waals surface area (Å²) in [6, 6.07) is 6.48. The number of amides is 4. The number of phenols is 4. The van der Waals surface area contributed by atoms with E-state index in [1.165, 1.54) is 42.5 Å². The molecule has 0 aliphatic carbocycles. The first kappa shape index (κ1) is 50.9.